The van der Waals surface area contributed by atoms with Crippen molar-refractivity contribution in [2.75, 3.05) is 26.7 Å². The number of carbonyl (C=O) groups excluding carboxylic acids is 2. The lowest BCUT2D eigenvalue weighted by atomic mass is 9.99. The number of likely N-dealkylation sites (N-methyl/N-ethyl adjacent to an activating group) is 1. The van der Waals surface area contributed by atoms with Crippen LogP contribution in [-0.2, 0) is 11.2 Å². The summed E-state index contributed by atoms with van der Waals surface area (Å²) in [4.78, 5) is 38.4. The van der Waals surface area contributed by atoms with E-state index < -0.39 is 0 Å². The zero-order chi connectivity index (χ0) is 24.9. The van der Waals surface area contributed by atoms with Crippen molar-refractivity contribution in [1.29, 1.82) is 0 Å². The molecule has 2 amide bonds. The third kappa shape index (κ3) is 5.70. The Bertz CT molecular complexity index is 1090. The molecule has 0 radical (unpaired) electrons. The van der Waals surface area contributed by atoms with Gasteiger partial charge in [-0.15, -0.1) is 0 Å². The summed E-state index contributed by atoms with van der Waals surface area (Å²) in [6.07, 6.45) is 10.3. The predicted octanol–water partition coefficient (Wildman–Crippen LogP) is 2.97. The molecule has 2 aliphatic rings. The second kappa shape index (κ2) is 11.0. The molecular weight excluding hydrogens is 444 g/mol. The molecule has 2 aromatic rings. The van der Waals surface area contributed by atoms with E-state index in [0.717, 1.165) is 30.4 Å². The number of hydrogen-bond donors (Lipinski definition) is 1. The van der Waals surface area contributed by atoms with Gasteiger partial charge in [-0.05, 0) is 61.1 Å². The average molecular weight is 479 g/mol. The van der Waals surface area contributed by atoms with Crippen LogP contribution in [-0.4, -0.2) is 75.6 Å². The van der Waals surface area contributed by atoms with E-state index in [2.05, 4.69) is 16.0 Å². The molecule has 0 saturated carbocycles. The number of aromatic nitrogens is 2. The van der Waals surface area contributed by atoms with Crippen LogP contribution in [0.5, 0.6) is 5.88 Å². The number of fused-ring (bicyclic) bond motifs is 1. The van der Waals surface area contributed by atoms with Crippen molar-refractivity contribution in [3.8, 4) is 5.88 Å². The summed E-state index contributed by atoms with van der Waals surface area (Å²) < 4.78 is 6.33. The first-order chi connectivity index (χ1) is 16.9. The van der Waals surface area contributed by atoms with E-state index in [0.29, 0.717) is 18.7 Å². The Morgan fingerprint density at radius 3 is 2.80 bits per heavy atom. The molecule has 0 spiro atoms. The summed E-state index contributed by atoms with van der Waals surface area (Å²) >= 11 is 0. The van der Waals surface area contributed by atoms with Gasteiger partial charge in [0.15, 0.2) is 0 Å². The van der Waals surface area contributed by atoms with Crippen LogP contribution in [0.4, 0.5) is 0 Å². The van der Waals surface area contributed by atoms with Crippen LogP contribution in [0.3, 0.4) is 0 Å². The number of carbonyl (C=O) groups is 2. The van der Waals surface area contributed by atoms with E-state index >= 15 is 0 Å². The fourth-order valence-electron chi connectivity index (χ4n) is 4.61. The maximum atomic E-state index is 13.5. The zero-order valence-electron chi connectivity index (χ0n) is 20.7. The van der Waals surface area contributed by atoms with Gasteiger partial charge in [-0.25, -0.2) is 4.98 Å². The maximum absolute atomic E-state index is 13.5. The van der Waals surface area contributed by atoms with Crippen molar-refractivity contribution in [1.82, 2.24) is 19.8 Å². The number of pyridine rings is 2. The molecule has 1 N–H and O–H groups in total. The zero-order valence-corrected chi connectivity index (χ0v) is 20.7. The number of nitrogens with zero attached hydrogens (tertiary/aromatic N) is 4. The molecule has 3 heterocycles. The van der Waals surface area contributed by atoms with E-state index in [4.69, 9.17) is 4.74 Å². The largest absolute Gasteiger partial charge is 0.472 e. The number of aliphatic hydroxyl groups excluding tert-OH is 1. The van der Waals surface area contributed by atoms with Gasteiger partial charge >= 0.3 is 0 Å². The lowest BCUT2D eigenvalue weighted by Gasteiger charge is -2.37. The number of aliphatic hydroxyl groups is 1. The molecule has 3 atom stereocenters. The van der Waals surface area contributed by atoms with Crippen molar-refractivity contribution in [3.05, 3.63) is 59.6 Å². The first-order valence-corrected chi connectivity index (χ1v) is 12.3. The fraction of sp³-hybridized carbons (Fsp3) is 0.481. The smallest absolute Gasteiger partial charge is 0.259 e. The number of rotatable bonds is 7. The predicted molar refractivity (Wildman–Crippen MR) is 133 cm³/mol. The van der Waals surface area contributed by atoms with Crippen LogP contribution in [0.25, 0.3) is 5.57 Å². The van der Waals surface area contributed by atoms with Crippen molar-refractivity contribution in [3.63, 3.8) is 0 Å². The summed E-state index contributed by atoms with van der Waals surface area (Å²) in [6, 6.07) is 5.18. The summed E-state index contributed by atoms with van der Waals surface area (Å²) in [7, 11) is 1.77. The number of amides is 2. The summed E-state index contributed by atoms with van der Waals surface area (Å²) in [5.41, 5.74) is 3.43. The van der Waals surface area contributed by atoms with Gasteiger partial charge in [-0.3, -0.25) is 14.6 Å². The first kappa shape index (κ1) is 24.9. The van der Waals surface area contributed by atoms with Crippen LogP contribution < -0.4 is 4.74 Å². The van der Waals surface area contributed by atoms with E-state index in [9.17, 15) is 14.7 Å². The maximum Gasteiger partial charge on any atom is 0.259 e. The molecule has 0 aromatic carbocycles. The molecule has 0 saturated heterocycles. The number of ether oxygens (including phenoxy) is 1. The van der Waals surface area contributed by atoms with Crippen LogP contribution in [0.1, 0.15) is 54.6 Å². The van der Waals surface area contributed by atoms with Crippen molar-refractivity contribution < 1.29 is 19.4 Å². The highest BCUT2D eigenvalue weighted by Gasteiger charge is 2.35. The Morgan fingerprint density at radius 1 is 1.34 bits per heavy atom. The molecule has 0 fully saturated rings. The lowest BCUT2D eigenvalue weighted by molar-refractivity contribution is -0.130. The highest BCUT2D eigenvalue weighted by atomic mass is 16.5. The van der Waals surface area contributed by atoms with Gasteiger partial charge < -0.3 is 19.6 Å². The highest BCUT2D eigenvalue weighted by Crippen LogP contribution is 2.32. The van der Waals surface area contributed by atoms with Crippen molar-refractivity contribution >= 4 is 17.4 Å². The molecule has 8 heteroatoms. The molecule has 8 nitrogen and oxygen atoms in total. The molecule has 35 heavy (non-hydrogen) atoms. The summed E-state index contributed by atoms with van der Waals surface area (Å²) in [5, 5.41) is 9.85. The van der Waals surface area contributed by atoms with E-state index in [1.165, 1.54) is 5.57 Å². The third-order valence-electron chi connectivity index (χ3n) is 6.92. The third-order valence-corrected chi connectivity index (χ3v) is 6.92. The Labute approximate surface area is 206 Å². The van der Waals surface area contributed by atoms with Crippen molar-refractivity contribution in [2.45, 2.75) is 51.7 Å². The average Bonchev–Trinajstić information content (AvgIpc) is 3.41. The van der Waals surface area contributed by atoms with E-state index in [1.54, 1.807) is 35.4 Å². The molecule has 0 unspecified atom stereocenters. The Kier molecular flexibility index (Phi) is 7.80. The second-order valence-electron chi connectivity index (χ2n) is 9.63. The Balaban J connectivity index is 1.60. The summed E-state index contributed by atoms with van der Waals surface area (Å²) in [6.45, 7) is 4.46. The molecule has 0 bridgehead atoms. The van der Waals surface area contributed by atoms with E-state index in [-0.39, 0.29) is 48.8 Å². The number of hydrogen-bond acceptors (Lipinski definition) is 6. The standard InChI is InChI=1S/C27H34N4O4/c1-18-15-31(19(2)17-32)27(34)23-13-22(21-6-4-5-7-21)14-29-26(23)35-24(18)16-30(3)25(33)12-20-8-10-28-11-9-20/h6,8-11,13-14,18-19,24,32H,4-5,7,12,15-17H2,1-3H3/t18-,19+,24+/m0/s1. The van der Waals surface area contributed by atoms with Crippen LogP contribution >= 0.6 is 0 Å². The fourth-order valence-corrected chi connectivity index (χ4v) is 4.61. The van der Waals surface area contributed by atoms with E-state index in [1.807, 2.05) is 32.0 Å². The molecular formula is C27H34N4O4. The topological polar surface area (TPSA) is 95.9 Å². The van der Waals surface area contributed by atoms with Crippen LogP contribution in [0.2, 0.25) is 0 Å². The monoisotopic (exact) mass is 478 g/mol. The van der Waals surface area contributed by atoms with Gasteiger partial charge in [-0.2, -0.15) is 0 Å². The summed E-state index contributed by atoms with van der Waals surface area (Å²) in [5.74, 6) is -0.0281. The van der Waals surface area contributed by atoms with Gasteiger partial charge in [-0.1, -0.05) is 13.0 Å². The van der Waals surface area contributed by atoms with Gasteiger partial charge in [0, 0.05) is 38.1 Å². The molecule has 4 rings (SSSR count). The quantitative estimate of drug-likeness (QED) is 0.657. The van der Waals surface area contributed by atoms with Crippen molar-refractivity contribution in [2.24, 2.45) is 5.92 Å². The molecule has 186 valence electrons. The molecule has 2 aromatic heterocycles. The SMILES string of the molecule is C[C@H](CO)N1C[C@H](C)[C@@H](CN(C)C(=O)Cc2ccncc2)Oc2ncc(C3=CCCC3)cc2C1=O. The normalized spacial score (nSPS) is 20.9. The van der Waals surface area contributed by atoms with Gasteiger partial charge in [0.1, 0.15) is 11.7 Å². The number of allylic oxidation sites excluding steroid dienone is 2. The Morgan fingerprint density at radius 2 is 2.11 bits per heavy atom. The highest BCUT2D eigenvalue weighted by molar-refractivity contribution is 5.97. The first-order valence-electron chi connectivity index (χ1n) is 12.3. The molecule has 1 aliphatic heterocycles. The van der Waals surface area contributed by atoms with Crippen LogP contribution in [0.15, 0.2) is 42.9 Å². The minimum atomic E-state index is -0.370. The minimum Gasteiger partial charge on any atom is -0.472 e. The Hall–Kier alpha value is -3.26. The van der Waals surface area contributed by atoms with Crippen LogP contribution in [0, 0.1) is 5.92 Å². The second-order valence-corrected chi connectivity index (χ2v) is 9.63. The van der Waals surface area contributed by atoms with Gasteiger partial charge in [0.25, 0.3) is 5.91 Å². The minimum absolute atomic E-state index is 0.0255. The lowest BCUT2D eigenvalue weighted by Crippen LogP contribution is -2.50. The van der Waals surface area contributed by atoms with Gasteiger partial charge in [0.2, 0.25) is 11.8 Å². The molecule has 1 aliphatic carbocycles. The van der Waals surface area contributed by atoms with Gasteiger partial charge in [0.05, 0.1) is 25.6 Å².